The van der Waals surface area contributed by atoms with Gasteiger partial charge in [0, 0.05) is 5.69 Å². The molecule has 1 fully saturated rings. The molecule has 1 saturated heterocycles. The SMILES string of the molecule is O=S(=O)(c1ccc(N2CC(O)(c3ccc(F)cc3)C2)cc1)C(F)F. The fraction of sp³-hybridized carbons (Fsp3) is 0.250. The van der Waals surface area contributed by atoms with Crippen LogP contribution in [-0.4, -0.2) is 32.4 Å². The van der Waals surface area contributed by atoms with Gasteiger partial charge >= 0.3 is 5.76 Å². The summed E-state index contributed by atoms with van der Waals surface area (Å²) in [5.74, 6) is -3.86. The van der Waals surface area contributed by atoms with Gasteiger partial charge in [0.25, 0.3) is 0 Å². The Morgan fingerprint density at radius 1 is 1.00 bits per heavy atom. The van der Waals surface area contributed by atoms with Gasteiger partial charge in [0.05, 0.1) is 18.0 Å². The number of hydrogen-bond donors (Lipinski definition) is 1. The van der Waals surface area contributed by atoms with Gasteiger partial charge in [0.15, 0.2) is 0 Å². The zero-order valence-corrected chi connectivity index (χ0v) is 13.2. The molecular weight excluding hydrogens is 343 g/mol. The highest BCUT2D eigenvalue weighted by molar-refractivity contribution is 7.91. The number of β-amino-alcohol motifs (C(OH)–C–C–N with tert-alkyl or cyclic N) is 1. The minimum atomic E-state index is -4.61. The molecule has 3 rings (SSSR count). The molecule has 1 N–H and O–H groups in total. The predicted molar refractivity (Wildman–Crippen MR) is 82.1 cm³/mol. The molecule has 2 aromatic carbocycles. The number of aliphatic hydroxyl groups is 1. The zero-order valence-electron chi connectivity index (χ0n) is 12.4. The van der Waals surface area contributed by atoms with E-state index in [-0.39, 0.29) is 13.1 Å². The molecule has 0 amide bonds. The van der Waals surface area contributed by atoms with Crippen LogP contribution in [0.4, 0.5) is 18.9 Å². The number of nitrogens with zero attached hydrogens (tertiary/aromatic N) is 1. The van der Waals surface area contributed by atoms with Crippen LogP contribution in [0.5, 0.6) is 0 Å². The van der Waals surface area contributed by atoms with Gasteiger partial charge in [-0.3, -0.25) is 0 Å². The number of anilines is 1. The van der Waals surface area contributed by atoms with Crippen LogP contribution in [0, 0.1) is 5.82 Å². The highest BCUT2D eigenvalue weighted by atomic mass is 32.2. The summed E-state index contributed by atoms with van der Waals surface area (Å²) in [4.78, 5) is 1.32. The largest absolute Gasteiger partial charge is 0.381 e. The number of benzene rings is 2. The van der Waals surface area contributed by atoms with Gasteiger partial charge in [-0.1, -0.05) is 12.1 Å². The van der Waals surface area contributed by atoms with Crippen LogP contribution in [-0.2, 0) is 15.4 Å². The second-order valence-electron chi connectivity index (χ2n) is 5.69. The van der Waals surface area contributed by atoms with Crippen molar-refractivity contribution >= 4 is 15.5 Å². The number of alkyl halides is 2. The fourth-order valence-corrected chi connectivity index (χ4v) is 3.38. The molecule has 0 bridgehead atoms. The van der Waals surface area contributed by atoms with Gasteiger partial charge in [-0.2, -0.15) is 8.78 Å². The molecule has 0 unspecified atom stereocenters. The minimum absolute atomic E-state index is 0.236. The third-order valence-electron chi connectivity index (χ3n) is 4.05. The summed E-state index contributed by atoms with van der Waals surface area (Å²) in [6.07, 6.45) is 0. The van der Waals surface area contributed by atoms with Crippen molar-refractivity contribution < 1.29 is 26.7 Å². The summed E-state index contributed by atoms with van der Waals surface area (Å²) in [6.45, 7) is 0.471. The lowest BCUT2D eigenvalue weighted by Crippen LogP contribution is -2.59. The Labute approximate surface area is 137 Å². The van der Waals surface area contributed by atoms with E-state index in [9.17, 15) is 26.7 Å². The van der Waals surface area contributed by atoms with E-state index in [0.29, 0.717) is 11.3 Å². The van der Waals surface area contributed by atoms with E-state index in [1.165, 1.54) is 36.4 Å². The van der Waals surface area contributed by atoms with Crippen molar-refractivity contribution in [2.24, 2.45) is 0 Å². The lowest BCUT2D eigenvalue weighted by Gasteiger charge is -2.48. The average molecular weight is 357 g/mol. The van der Waals surface area contributed by atoms with E-state index in [1.807, 2.05) is 0 Å². The van der Waals surface area contributed by atoms with Crippen LogP contribution in [0.3, 0.4) is 0 Å². The second-order valence-corrected chi connectivity index (χ2v) is 7.61. The Morgan fingerprint density at radius 3 is 2.04 bits per heavy atom. The molecule has 1 aliphatic rings. The second kappa shape index (κ2) is 5.78. The Balaban J connectivity index is 1.73. The van der Waals surface area contributed by atoms with E-state index in [2.05, 4.69) is 0 Å². The van der Waals surface area contributed by atoms with E-state index in [4.69, 9.17) is 0 Å². The molecule has 0 aromatic heterocycles. The summed E-state index contributed by atoms with van der Waals surface area (Å²) in [7, 11) is -4.61. The van der Waals surface area contributed by atoms with Crippen LogP contribution in [0.1, 0.15) is 5.56 Å². The Morgan fingerprint density at radius 2 is 1.54 bits per heavy atom. The predicted octanol–water partition coefficient (Wildman–Crippen LogP) is 2.53. The first kappa shape index (κ1) is 16.8. The highest BCUT2D eigenvalue weighted by Crippen LogP contribution is 2.36. The Hall–Kier alpha value is -2.06. The molecular formula is C16H14F3NO3S. The molecule has 0 atom stereocenters. The first-order valence-electron chi connectivity index (χ1n) is 7.08. The molecule has 1 heterocycles. The molecule has 0 aliphatic carbocycles. The molecule has 128 valence electrons. The monoisotopic (exact) mass is 357 g/mol. The maximum atomic E-state index is 12.9. The van der Waals surface area contributed by atoms with E-state index in [0.717, 1.165) is 12.1 Å². The molecule has 2 aromatic rings. The van der Waals surface area contributed by atoms with Gasteiger partial charge < -0.3 is 10.0 Å². The smallest absolute Gasteiger partial charge is 0.341 e. The molecule has 0 radical (unpaired) electrons. The van der Waals surface area contributed by atoms with E-state index < -0.39 is 31.9 Å². The minimum Gasteiger partial charge on any atom is -0.381 e. The molecule has 4 nitrogen and oxygen atoms in total. The van der Waals surface area contributed by atoms with Crippen molar-refractivity contribution in [1.29, 1.82) is 0 Å². The van der Waals surface area contributed by atoms with Crippen LogP contribution >= 0.6 is 0 Å². The number of rotatable bonds is 4. The zero-order chi connectivity index (χ0) is 17.5. The summed E-state index contributed by atoms with van der Waals surface area (Å²) < 4.78 is 60.7. The van der Waals surface area contributed by atoms with Crippen LogP contribution in [0.25, 0.3) is 0 Å². The molecule has 8 heteroatoms. The van der Waals surface area contributed by atoms with Gasteiger partial charge in [-0.15, -0.1) is 0 Å². The van der Waals surface area contributed by atoms with Crippen molar-refractivity contribution in [3.63, 3.8) is 0 Å². The van der Waals surface area contributed by atoms with E-state index >= 15 is 0 Å². The third-order valence-corrected chi connectivity index (χ3v) is 5.45. The number of sulfone groups is 1. The fourth-order valence-electron chi connectivity index (χ4n) is 2.66. The number of halogens is 3. The van der Waals surface area contributed by atoms with Gasteiger partial charge in [-0.05, 0) is 42.0 Å². The van der Waals surface area contributed by atoms with Gasteiger partial charge in [0.2, 0.25) is 9.84 Å². The van der Waals surface area contributed by atoms with Crippen molar-refractivity contribution in [1.82, 2.24) is 0 Å². The van der Waals surface area contributed by atoms with Gasteiger partial charge in [0.1, 0.15) is 11.4 Å². The summed E-state index contributed by atoms with van der Waals surface area (Å²) in [5.41, 5.74) is 0.0635. The van der Waals surface area contributed by atoms with Gasteiger partial charge in [-0.25, -0.2) is 12.8 Å². The van der Waals surface area contributed by atoms with Crippen LogP contribution < -0.4 is 4.90 Å². The summed E-state index contributed by atoms with van der Waals surface area (Å²) >= 11 is 0. The van der Waals surface area contributed by atoms with Crippen LogP contribution in [0.15, 0.2) is 53.4 Å². The highest BCUT2D eigenvalue weighted by Gasteiger charge is 2.42. The van der Waals surface area contributed by atoms with Crippen molar-refractivity contribution in [3.8, 4) is 0 Å². The Kier molecular flexibility index (Phi) is 4.05. The normalized spacial score (nSPS) is 17.0. The average Bonchev–Trinajstić information content (AvgIpc) is 2.52. The first-order chi connectivity index (χ1) is 11.2. The first-order valence-corrected chi connectivity index (χ1v) is 8.62. The van der Waals surface area contributed by atoms with E-state index in [1.54, 1.807) is 4.90 Å². The lowest BCUT2D eigenvalue weighted by atomic mass is 9.85. The third kappa shape index (κ3) is 2.87. The lowest BCUT2D eigenvalue weighted by molar-refractivity contribution is 0.00749. The quantitative estimate of drug-likeness (QED) is 0.914. The van der Waals surface area contributed by atoms with Crippen molar-refractivity contribution in [2.75, 3.05) is 18.0 Å². The standard InChI is InChI=1S/C16H14F3NO3S/c17-12-3-1-11(2-4-12)16(21)9-20(10-16)13-5-7-14(8-6-13)24(22,23)15(18)19/h1-8,15,21H,9-10H2. The van der Waals surface area contributed by atoms with Crippen molar-refractivity contribution in [3.05, 3.63) is 59.9 Å². The summed E-state index contributed by atoms with van der Waals surface area (Å²) in [5, 5.41) is 10.5. The molecule has 0 spiro atoms. The number of hydrogen-bond acceptors (Lipinski definition) is 4. The van der Waals surface area contributed by atoms with Crippen LogP contribution in [0.2, 0.25) is 0 Å². The Bertz CT molecular complexity index is 830. The molecule has 1 aliphatic heterocycles. The topological polar surface area (TPSA) is 57.6 Å². The maximum Gasteiger partial charge on any atom is 0.341 e. The summed E-state index contributed by atoms with van der Waals surface area (Å²) in [6, 6.07) is 10.6. The molecule has 0 saturated carbocycles. The van der Waals surface area contributed by atoms with Crippen molar-refractivity contribution in [2.45, 2.75) is 16.3 Å². The molecule has 24 heavy (non-hydrogen) atoms. The maximum absolute atomic E-state index is 12.9.